The quantitative estimate of drug-likeness (QED) is 0.496. The van der Waals surface area contributed by atoms with Crippen molar-refractivity contribution in [2.45, 2.75) is 18.9 Å². The topological polar surface area (TPSA) is 38.3 Å². The van der Waals surface area contributed by atoms with Gasteiger partial charge in [-0.15, -0.1) is 11.6 Å². The summed E-state index contributed by atoms with van der Waals surface area (Å²) in [6, 6.07) is 5.76. The molecule has 1 N–H and O–H groups in total. The summed E-state index contributed by atoms with van der Waals surface area (Å²) in [4.78, 5) is 11.0. The van der Waals surface area contributed by atoms with Gasteiger partial charge in [0.25, 0.3) is 0 Å². The average molecular weight is 254 g/mol. The Bertz CT molecular complexity index is 395. The van der Waals surface area contributed by atoms with Crippen LogP contribution in [0.25, 0.3) is 0 Å². The number of ether oxygens (including phenoxy) is 1. The Morgan fingerprint density at radius 1 is 1.53 bits per heavy atom. The number of carbonyl (C=O) groups is 1. The van der Waals surface area contributed by atoms with Gasteiger partial charge in [-0.1, -0.05) is 6.07 Å². The van der Waals surface area contributed by atoms with Gasteiger partial charge in [0.2, 0.25) is 0 Å². The van der Waals surface area contributed by atoms with E-state index in [0.29, 0.717) is 12.5 Å². The van der Waals surface area contributed by atoms with Crippen LogP contribution in [0.15, 0.2) is 18.2 Å². The number of carbonyl (C=O) groups excluding carboxylic acids is 1. The van der Waals surface area contributed by atoms with E-state index in [2.05, 4.69) is 5.32 Å². The van der Waals surface area contributed by atoms with Crippen LogP contribution in [-0.4, -0.2) is 25.3 Å². The lowest BCUT2D eigenvalue weighted by molar-refractivity contribution is -0.109. The second-order valence-corrected chi connectivity index (χ2v) is 4.45. The molecule has 1 aliphatic rings. The van der Waals surface area contributed by atoms with Crippen molar-refractivity contribution in [3.05, 3.63) is 29.3 Å². The van der Waals surface area contributed by atoms with Gasteiger partial charge in [-0.05, 0) is 36.1 Å². The lowest BCUT2D eigenvalue weighted by atomic mass is 9.95. The summed E-state index contributed by atoms with van der Waals surface area (Å²) in [5.41, 5.74) is 2.26. The Morgan fingerprint density at radius 3 is 3.18 bits per heavy atom. The number of aldehydes is 1. The predicted octanol–water partition coefficient (Wildman–Crippen LogP) is 2.08. The van der Waals surface area contributed by atoms with Crippen molar-refractivity contribution in [1.82, 2.24) is 5.32 Å². The fourth-order valence-electron chi connectivity index (χ4n) is 2.02. The monoisotopic (exact) mass is 253 g/mol. The molecule has 17 heavy (non-hydrogen) atoms. The Kier molecular flexibility index (Phi) is 4.40. The number of hydrogen-bond donors (Lipinski definition) is 1. The molecule has 0 amide bonds. The minimum Gasteiger partial charge on any atom is -0.494 e. The van der Waals surface area contributed by atoms with Crippen molar-refractivity contribution in [2.24, 2.45) is 0 Å². The van der Waals surface area contributed by atoms with E-state index >= 15 is 0 Å². The highest BCUT2D eigenvalue weighted by atomic mass is 35.5. The van der Waals surface area contributed by atoms with Gasteiger partial charge in [-0.3, -0.25) is 0 Å². The highest BCUT2D eigenvalue weighted by molar-refractivity contribution is 6.17. The van der Waals surface area contributed by atoms with Crippen LogP contribution in [0, 0.1) is 0 Å². The lowest BCUT2D eigenvalue weighted by Gasteiger charge is -2.23. The summed E-state index contributed by atoms with van der Waals surface area (Å²) in [5.74, 6) is 1.41. The Balaban J connectivity index is 2.13. The van der Waals surface area contributed by atoms with Gasteiger partial charge in [0, 0.05) is 12.4 Å². The molecule has 92 valence electrons. The molecule has 1 aromatic rings. The standard InChI is InChI=1S/C13H16ClNO2/c14-5-1-7-17-11-3-2-10-4-6-15-13(9-16)12(10)8-11/h2-3,8-9,13,15H,1,4-7H2. The summed E-state index contributed by atoms with van der Waals surface area (Å²) in [6.45, 7) is 1.46. The number of alkyl halides is 1. The van der Waals surface area contributed by atoms with Gasteiger partial charge in [-0.2, -0.15) is 0 Å². The third kappa shape index (κ3) is 2.99. The summed E-state index contributed by atoms with van der Waals surface area (Å²) >= 11 is 5.59. The highest BCUT2D eigenvalue weighted by Gasteiger charge is 2.19. The maximum atomic E-state index is 11.0. The van der Waals surface area contributed by atoms with E-state index in [1.54, 1.807) is 0 Å². The number of rotatable bonds is 5. The van der Waals surface area contributed by atoms with Crippen molar-refractivity contribution in [3.8, 4) is 5.75 Å². The van der Waals surface area contributed by atoms with E-state index in [1.807, 2.05) is 18.2 Å². The smallest absolute Gasteiger partial charge is 0.141 e. The second-order valence-electron chi connectivity index (χ2n) is 4.07. The summed E-state index contributed by atoms with van der Waals surface area (Å²) < 4.78 is 5.58. The van der Waals surface area contributed by atoms with Crippen molar-refractivity contribution >= 4 is 17.9 Å². The maximum absolute atomic E-state index is 11.0. The fourth-order valence-corrected chi connectivity index (χ4v) is 2.13. The molecule has 1 atom stereocenters. The first-order chi connectivity index (χ1) is 8.35. The van der Waals surface area contributed by atoms with E-state index in [1.165, 1.54) is 5.56 Å². The zero-order valence-corrected chi connectivity index (χ0v) is 10.4. The fraction of sp³-hybridized carbons (Fsp3) is 0.462. The van der Waals surface area contributed by atoms with E-state index in [0.717, 1.165) is 37.0 Å². The minimum absolute atomic E-state index is 0.199. The number of benzene rings is 1. The van der Waals surface area contributed by atoms with Crippen LogP contribution in [-0.2, 0) is 11.2 Å². The highest BCUT2D eigenvalue weighted by Crippen LogP contribution is 2.26. The molecule has 0 spiro atoms. The van der Waals surface area contributed by atoms with Crippen LogP contribution in [0.1, 0.15) is 23.6 Å². The van der Waals surface area contributed by atoms with Gasteiger partial charge in [-0.25, -0.2) is 0 Å². The first-order valence-corrected chi connectivity index (χ1v) is 6.39. The normalized spacial score (nSPS) is 18.5. The van der Waals surface area contributed by atoms with Crippen LogP contribution >= 0.6 is 11.6 Å². The van der Waals surface area contributed by atoms with E-state index in [-0.39, 0.29) is 6.04 Å². The molecule has 0 saturated heterocycles. The Hall–Kier alpha value is -1.06. The SMILES string of the molecule is O=CC1NCCc2ccc(OCCCCl)cc21. The third-order valence-corrected chi connectivity index (χ3v) is 3.16. The molecule has 0 radical (unpaired) electrons. The third-order valence-electron chi connectivity index (χ3n) is 2.89. The number of fused-ring (bicyclic) bond motifs is 1. The van der Waals surface area contributed by atoms with E-state index < -0.39 is 0 Å². The van der Waals surface area contributed by atoms with Crippen molar-refractivity contribution in [3.63, 3.8) is 0 Å². The van der Waals surface area contributed by atoms with Crippen LogP contribution < -0.4 is 10.1 Å². The zero-order valence-electron chi connectivity index (χ0n) is 9.62. The maximum Gasteiger partial charge on any atom is 0.141 e. The van der Waals surface area contributed by atoms with Crippen molar-refractivity contribution < 1.29 is 9.53 Å². The van der Waals surface area contributed by atoms with Gasteiger partial charge in [0.05, 0.1) is 12.6 Å². The van der Waals surface area contributed by atoms with Crippen molar-refractivity contribution in [2.75, 3.05) is 19.0 Å². The molecule has 1 unspecified atom stereocenters. The van der Waals surface area contributed by atoms with Gasteiger partial charge < -0.3 is 14.8 Å². The van der Waals surface area contributed by atoms with Gasteiger partial charge >= 0.3 is 0 Å². The van der Waals surface area contributed by atoms with Crippen LogP contribution in [0.2, 0.25) is 0 Å². The average Bonchev–Trinajstić information content (AvgIpc) is 2.38. The molecule has 1 heterocycles. The molecule has 1 aromatic carbocycles. The van der Waals surface area contributed by atoms with E-state index in [4.69, 9.17) is 16.3 Å². The molecule has 0 bridgehead atoms. The van der Waals surface area contributed by atoms with Crippen LogP contribution in [0.5, 0.6) is 5.75 Å². The van der Waals surface area contributed by atoms with E-state index in [9.17, 15) is 4.79 Å². The van der Waals surface area contributed by atoms with Crippen LogP contribution in [0.3, 0.4) is 0 Å². The molecular formula is C13H16ClNO2. The largest absolute Gasteiger partial charge is 0.494 e. The molecule has 2 rings (SSSR count). The molecule has 0 aliphatic carbocycles. The zero-order chi connectivity index (χ0) is 12.1. The van der Waals surface area contributed by atoms with Gasteiger partial charge in [0.15, 0.2) is 0 Å². The Morgan fingerprint density at radius 2 is 2.41 bits per heavy atom. The number of halogens is 1. The number of hydrogen-bond acceptors (Lipinski definition) is 3. The van der Waals surface area contributed by atoms with Crippen molar-refractivity contribution in [1.29, 1.82) is 0 Å². The molecule has 3 nitrogen and oxygen atoms in total. The molecule has 0 saturated carbocycles. The molecule has 4 heteroatoms. The Labute approximate surface area is 106 Å². The molecule has 0 aromatic heterocycles. The second kappa shape index (κ2) is 6.03. The van der Waals surface area contributed by atoms with Gasteiger partial charge in [0.1, 0.15) is 12.0 Å². The summed E-state index contributed by atoms with van der Waals surface area (Å²) in [7, 11) is 0. The van der Waals surface area contributed by atoms with Crippen LogP contribution in [0.4, 0.5) is 0 Å². The first kappa shape index (κ1) is 12.4. The number of nitrogens with one attached hydrogen (secondary N) is 1. The molecule has 0 fully saturated rings. The first-order valence-electron chi connectivity index (χ1n) is 5.85. The summed E-state index contributed by atoms with van der Waals surface area (Å²) in [5, 5.41) is 3.17. The predicted molar refractivity (Wildman–Crippen MR) is 67.8 cm³/mol. The molecule has 1 aliphatic heterocycles. The lowest BCUT2D eigenvalue weighted by Crippen LogP contribution is -2.30. The molecular weight excluding hydrogens is 238 g/mol. The minimum atomic E-state index is -0.199. The summed E-state index contributed by atoms with van der Waals surface area (Å²) in [6.07, 6.45) is 2.73.